The quantitative estimate of drug-likeness (QED) is 0.800. The van der Waals surface area contributed by atoms with E-state index in [1.54, 1.807) is 0 Å². The van der Waals surface area contributed by atoms with Crippen LogP contribution in [0.4, 0.5) is 0 Å². The highest BCUT2D eigenvalue weighted by atomic mass is 79.9. The maximum atomic E-state index is 12.0. The Morgan fingerprint density at radius 1 is 1.35 bits per heavy atom. The number of carbonyl (C=O) groups excluding carboxylic acids is 1. The molecule has 0 aliphatic carbocycles. The van der Waals surface area contributed by atoms with Gasteiger partial charge in [0.25, 0.3) is 5.91 Å². The summed E-state index contributed by atoms with van der Waals surface area (Å²) < 4.78 is 0. The van der Waals surface area contributed by atoms with Crippen LogP contribution in [0.15, 0.2) is 24.3 Å². The number of halogens is 1. The fraction of sp³-hybridized carbons (Fsp3) is 0.500. The summed E-state index contributed by atoms with van der Waals surface area (Å²) in [6, 6.07) is 7.78. The SMILES string of the molecule is CCc1ccccc1C(=O)NCCC(Br)CC. The molecule has 0 saturated heterocycles. The molecule has 1 rings (SSSR count). The van der Waals surface area contributed by atoms with Gasteiger partial charge in [-0.15, -0.1) is 0 Å². The van der Waals surface area contributed by atoms with Crippen molar-refractivity contribution < 1.29 is 4.79 Å². The van der Waals surface area contributed by atoms with E-state index in [2.05, 4.69) is 35.1 Å². The van der Waals surface area contributed by atoms with Crippen molar-refractivity contribution in [1.29, 1.82) is 0 Å². The van der Waals surface area contributed by atoms with Crippen molar-refractivity contribution in [2.75, 3.05) is 6.54 Å². The van der Waals surface area contributed by atoms with E-state index in [1.807, 2.05) is 24.3 Å². The maximum absolute atomic E-state index is 12.0. The fourth-order valence-corrected chi connectivity index (χ4v) is 1.92. The van der Waals surface area contributed by atoms with E-state index < -0.39 is 0 Å². The van der Waals surface area contributed by atoms with Crippen molar-refractivity contribution in [2.24, 2.45) is 0 Å². The number of hydrogen-bond acceptors (Lipinski definition) is 1. The van der Waals surface area contributed by atoms with Crippen LogP contribution in [0.5, 0.6) is 0 Å². The molecule has 0 radical (unpaired) electrons. The molecule has 1 unspecified atom stereocenters. The molecular formula is C14H20BrNO. The average Bonchev–Trinajstić information content (AvgIpc) is 2.38. The molecule has 1 aromatic carbocycles. The lowest BCUT2D eigenvalue weighted by Crippen LogP contribution is -2.26. The molecule has 0 fully saturated rings. The lowest BCUT2D eigenvalue weighted by Gasteiger charge is -2.10. The second-order valence-corrected chi connectivity index (χ2v) is 5.36. The summed E-state index contributed by atoms with van der Waals surface area (Å²) in [7, 11) is 0. The summed E-state index contributed by atoms with van der Waals surface area (Å²) in [5.74, 6) is 0.0400. The van der Waals surface area contributed by atoms with E-state index in [0.717, 1.165) is 36.9 Å². The molecule has 0 saturated carbocycles. The van der Waals surface area contributed by atoms with Crippen molar-refractivity contribution in [3.63, 3.8) is 0 Å². The molecule has 0 aliphatic heterocycles. The molecule has 1 N–H and O–H groups in total. The number of aryl methyl sites for hydroxylation is 1. The van der Waals surface area contributed by atoms with Gasteiger partial charge in [-0.05, 0) is 30.9 Å². The largest absolute Gasteiger partial charge is 0.352 e. The first kappa shape index (κ1) is 14.2. The van der Waals surface area contributed by atoms with E-state index >= 15 is 0 Å². The Hall–Kier alpha value is -0.830. The fourth-order valence-electron chi connectivity index (χ4n) is 1.69. The van der Waals surface area contributed by atoms with Gasteiger partial charge in [0.05, 0.1) is 0 Å². The molecule has 0 aliphatic rings. The van der Waals surface area contributed by atoms with Gasteiger partial charge in [0.1, 0.15) is 0 Å². The van der Waals surface area contributed by atoms with E-state index in [-0.39, 0.29) is 5.91 Å². The summed E-state index contributed by atoms with van der Waals surface area (Å²) in [6.45, 7) is 4.92. The Bertz CT molecular complexity index is 365. The molecule has 2 nitrogen and oxygen atoms in total. The van der Waals surface area contributed by atoms with E-state index in [9.17, 15) is 4.79 Å². The Morgan fingerprint density at radius 2 is 2.06 bits per heavy atom. The molecule has 17 heavy (non-hydrogen) atoms. The Kier molecular flexibility index (Phi) is 6.27. The van der Waals surface area contributed by atoms with Crippen LogP contribution in [0.3, 0.4) is 0 Å². The van der Waals surface area contributed by atoms with Crippen molar-refractivity contribution in [1.82, 2.24) is 5.32 Å². The molecule has 3 heteroatoms. The Labute approximate surface area is 112 Å². The lowest BCUT2D eigenvalue weighted by atomic mass is 10.0. The van der Waals surface area contributed by atoms with Crippen LogP contribution in [-0.2, 0) is 6.42 Å². The second kappa shape index (κ2) is 7.49. The molecule has 0 bridgehead atoms. The molecule has 1 amide bonds. The molecule has 1 atom stereocenters. The molecule has 1 aromatic rings. The molecule has 0 spiro atoms. The van der Waals surface area contributed by atoms with Crippen LogP contribution in [0.1, 0.15) is 42.6 Å². The molecule has 94 valence electrons. The minimum atomic E-state index is 0.0400. The number of carbonyl (C=O) groups is 1. The van der Waals surface area contributed by atoms with Crippen LogP contribution in [0.2, 0.25) is 0 Å². The molecule has 0 heterocycles. The Morgan fingerprint density at radius 3 is 2.71 bits per heavy atom. The topological polar surface area (TPSA) is 29.1 Å². The van der Waals surface area contributed by atoms with E-state index in [1.165, 1.54) is 0 Å². The summed E-state index contributed by atoms with van der Waals surface area (Å²) in [6.07, 6.45) is 2.94. The highest BCUT2D eigenvalue weighted by Gasteiger charge is 2.09. The lowest BCUT2D eigenvalue weighted by molar-refractivity contribution is 0.0952. The maximum Gasteiger partial charge on any atom is 0.251 e. The molecular weight excluding hydrogens is 278 g/mol. The van der Waals surface area contributed by atoms with Gasteiger partial charge in [-0.2, -0.15) is 0 Å². The van der Waals surface area contributed by atoms with Crippen LogP contribution >= 0.6 is 15.9 Å². The van der Waals surface area contributed by atoms with Gasteiger partial charge in [0, 0.05) is 16.9 Å². The Balaban J connectivity index is 2.52. The minimum Gasteiger partial charge on any atom is -0.352 e. The third kappa shape index (κ3) is 4.50. The number of nitrogens with one attached hydrogen (secondary N) is 1. The van der Waals surface area contributed by atoms with Crippen molar-refractivity contribution >= 4 is 21.8 Å². The van der Waals surface area contributed by atoms with Gasteiger partial charge < -0.3 is 5.32 Å². The minimum absolute atomic E-state index is 0.0400. The van der Waals surface area contributed by atoms with Crippen LogP contribution in [0.25, 0.3) is 0 Å². The highest BCUT2D eigenvalue weighted by molar-refractivity contribution is 9.09. The zero-order valence-corrected chi connectivity index (χ0v) is 12.1. The summed E-state index contributed by atoms with van der Waals surface area (Å²) in [5.41, 5.74) is 1.91. The third-order valence-electron chi connectivity index (χ3n) is 2.83. The monoisotopic (exact) mass is 297 g/mol. The van der Waals surface area contributed by atoms with Crippen LogP contribution in [0, 0.1) is 0 Å². The van der Waals surface area contributed by atoms with Crippen molar-refractivity contribution in [2.45, 2.75) is 37.9 Å². The van der Waals surface area contributed by atoms with E-state index in [0.29, 0.717) is 4.83 Å². The normalized spacial score (nSPS) is 12.2. The predicted molar refractivity (Wildman–Crippen MR) is 75.8 cm³/mol. The zero-order valence-electron chi connectivity index (χ0n) is 10.5. The second-order valence-electron chi connectivity index (χ2n) is 4.06. The van der Waals surface area contributed by atoms with Crippen molar-refractivity contribution in [3.05, 3.63) is 35.4 Å². The molecule has 0 aromatic heterocycles. The average molecular weight is 298 g/mol. The first-order chi connectivity index (χ1) is 8.19. The predicted octanol–water partition coefficient (Wildman–Crippen LogP) is 3.54. The van der Waals surface area contributed by atoms with Gasteiger partial charge in [-0.25, -0.2) is 0 Å². The van der Waals surface area contributed by atoms with Crippen LogP contribution < -0.4 is 5.32 Å². The standard InChI is InChI=1S/C14H20BrNO/c1-3-11-7-5-6-8-13(11)14(17)16-10-9-12(15)4-2/h5-8,12H,3-4,9-10H2,1-2H3,(H,16,17). The summed E-state index contributed by atoms with van der Waals surface area (Å²) in [4.78, 5) is 12.5. The van der Waals surface area contributed by atoms with Gasteiger partial charge >= 0.3 is 0 Å². The van der Waals surface area contributed by atoms with Crippen molar-refractivity contribution in [3.8, 4) is 0 Å². The highest BCUT2D eigenvalue weighted by Crippen LogP contribution is 2.10. The van der Waals surface area contributed by atoms with E-state index in [4.69, 9.17) is 0 Å². The summed E-state index contributed by atoms with van der Waals surface area (Å²) in [5, 5.41) is 2.97. The smallest absolute Gasteiger partial charge is 0.251 e. The van der Waals surface area contributed by atoms with Gasteiger partial charge in [0.15, 0.2) is 0 Å². The summed E-state index contributed by atoms with van der Waals surface area (Å²) >= 11 is 3.56. The van der Waals surface area contributed by atoms with Gasteiger partial charge in [-0.3, -0.25) is 4.79 Å². The number of benzene rings is 1. The van der Waals surface area contributed by atoms with Gasteiger partial charge in [-0.1, -0.05) is 48.0 Å². The number of amides is 1. The third-order valence-corrected chi connectivity index (χ3v) is 3.93. The first-order valence-electron chi connectivity index (χ1n) is 6.19. The number of alkyl halides is 1. The number of rotatable bonds is 6. The first-order valence-corrected chi connectivity index (χ1v) is 7.10. The number of hydrogen-bond donors (Lipinski definition) is 1. The van der Waals surface area contributed by atoms with Gasteiger partial charge in [0.2, 0.25) is 0 Å². The zero-order chi connectivity index (χ0) is 12.7. The van der Waals surface area contributed by atoms with Crippen LogP contribution in [-0.4, -0.2) is 17.3 Å².